The number of hydrogen-bond donors (Lipinski definition) is 0. The molecule has 0 N–H and O–H groups in total. The van der Waals surface area contributed by atoms with Gasteiger partial charge in [0.15, 0.2) is 0 Å². The summed E-state index contributed by atoms with van der Waals surface area (Å²) in [5, 5.41) is 1.83. The first kappa shape index (κ1) is 13.9. The number of methoxy groups -OCH3 is 1. The van der Waals surface area contributed by atoms with E-state index in [0.29, 0.717) is 12.4 Å². The second-order valence-electron chi connectivity index (χ2n) is 5.19. The van der Waals surface area contributed by atoms with Crippen LogP contribution in [0.5, 0.6) is 5.75 Å². The van der Waals surface area contributed by atoms with Crippen LogP contribution in [0.25, 0.3) is 0 Å². The van der Waals surface area contributed by atoms with E-state index in [1.54, 1.807) is 14.0 Å². The van der Waals surface area contributed by atoms with Gasteiger partial charge < -0.3 is 14.3 Å². The van der Waals surface area contributed by atoms with Gasteiger partial charge in [-0.3, -0.25) is 4.79 Å². The molecule has 0 radical (unpaired) electrons. The molecule has 0 spiro atoms. The first-order chi connectivity index (χ1) is 10.2. The summed E-state index contributed by atoms with van der Waals surface area (Å²) in [6.45, 7) is 6.75. The average molecular weight is 289 g/mol. The number of ether oxygens (including phenoxy) is 2. The third-order valence-electron chi connectivity index (χ3n) is 4.02. The van der Waals surface area contributed by atoms with Crippen LogP contribution in [0.15, 0.2) is 30.5 Å². The largest absolute Gasteiger partial charge is 0.497 e. The van der Waals surface area contributed by atoms with Gasteiger partial charge in [-0.2, -0.15) is 0 Å². The summed E-state index contributed by atoms with van der Waals surface area (Å²) >= 11 is 0. The van der Waals surface area contributed by atoms with Gasteiger partial charge in [0, 0.05) is 6.54 Å². The highest BCUT2D eigenvalue weighted by Crippen LogP contribution is 2.45. The van der Waals surface area contributed by atoms with E-state index in [4.69, 9.17) is 14.3 Å². The second kappa shape index (κ2) is 5.41. The van der Waals surface area contributed by atoms with Gasteiger partial charge in [-0.05, 0) is 36.6 Å². The number of hydroxylamine groups is 2. The van der Waals surface area contributed by atoms with Crippen LogP contribution in [0.2, 0.25) is 0 Å². The molecule has 0 saturated carbocycles. The Bertz CT molecular complexity index is 584. The smallest absolute Gasteiger partial charge is 0.318 e. The lowest BCUT2D eigenvalue weighted by atomic mass is 9.86. The lowest BCUT2D eigenvalue weighted by Crippen LogP contribution is -2.34. The fourth-order valence-electron chi connectivity index (χ4n) is 3.06. The summed E-state index contributed by atoms with van der Waals surface area (Å²) in [6.07, 6.45) is 0.853. The summed E-state index contributed by atoms with van der Waals surface area (Å²) in [5.41, 5.74) is 2.27. The Balaban J connectivity index is 1.99. The number of carbonyl (C=O) groups excluding carboxylic acids is 1. The molecular formula is C16H19NO4. The van der Waals surface area contributed by atoms with E-state index in [9.17, 15) is 4.79 Å². The highest BCUT2D eigenvalue weighted by molar-refractivity contribution is 5.77. The zero-order valence-corrected chi connectivity index (χ0v) is 12.3. The van der Waals surface area contributed by atoms with E-state index in [2.05, 4.69) is 6.58 Å². The topological polar surface area (TPSA) is 48.0 Å². The van der Waals surface area contributed by atoms with Gasteiger partial charge in [-0.1, -0.05) is 12.6 Å². The van der Waals surface area contributed by atoms with Crippen molar-refractivity contribution in [2.24, 2.45) is 5.92 Å². The normalized spacial score (nSPS) is 24.0. The maximum absolute atomic E-state index is 12.2. The maximum atomic E-state index is 12.2. The van der Waals surface area contributed by atoms with Gasteiger partial charge in [0.05, 0.1) is 19.8 Å². The van der Waals surface area contributed by atoms with Crippen LogP contribution < -0.4 is 4.74 Å². The quantitative estimate of drug-likeness (QED) is 0.799. The van der Waals surface area contributed by atoms with Gasteiger partial charge in [0.2, 0.25) is 0 Å². The van der Waals surface area contributed by atoms with E-state index in [1.807, 2.05) is 23.3 Å². The van der Waals surface area contributed by atoms with E-state index in [-0.39, 0.29) is 12.0 Å². The summed E-state index contributed by atoms with van der Waals surface area (Å²) in [6, 6.07) is 5.77. The molecule has 21 heavy (non-hydrogen) atoms. The molecule has 1 aromatic carbocycles. The SMILES string of the molecule is C=C1ON2CCc3cc(OC)ccc3C2C1C(=O)OCC. The third-order valence-corrected chi connectivity index (χ3v) is 4.02. The van der Waals surface area contributed by atoms with Gasteiger partial charge >= 0.3 is 5.97 Å². The number of nitrogens with zero attached hydrogens (tertiary/aromatic N) is 1. The van der Waals surface area contributed by atoms with Crippen molar-refractivity contribution in [3.63, 3.8) is 0 Å². The predicted molar refractivity (Wildman–Crippen MR) is 76.5 cm³/mol. The summed E-state index contributed by atoms with van der Waals surface area (Å²) < 4.78 is 10.4. The van der Waals surface area contributed by atoms with Crippen LogP contribution in [-0.4, -0.2) is 31.3 Å². The molecule has 112 valence electrons. The lowest BCUT2D eigenvalue weighted by molar-refractivity contribution is -0.148. The number of rotatable bonds is 3. The van der Waals surface area contributed by atoms with Crippen molar-refractivity contribution in [2.45, 2.75) is 19.4 Å². The summed E-state index contributed by atoms with van der Waals surface area (Å²) in [4.78, 5) is 17.9. The fourth-order valence-corrected chi connectivity index (χ4v) is 3.06. The number of fused-ring (bicyclic) bond motifs is 3. The molecule has 2 aliphatic rings. The molecule has 1 fully saturated rings. The van der Waals surface area contributed by atoms with Crippen molar-refractivity contribution in [3.8, 4) is 5.75 Å². The fraction of sp³-hybridized carbons (Fsp3) is 0.438. The molecule has 3 rings (SSSR count). The molecule has 5 heteroatoms. The van der Waals surface area contributed by atoms with Crippen LogP contribution >= 0.6 is 0 Å². The second-order valence-corrected chi connectivity index (χ2v) is 5.19. The van der Waals surface area contributed by atoms with Crippen molar-refractivity contribution < 1.29 is 19.1 Å². The van der Waals surface area contributed by atoms with Crippen molar-refractivity contribution >= 4 is 5.97 Å². The Hall–Kier alpha value is -2.01. The van der Waals surface area contributed by atoms with E-state index >= 15 is 0 Å². The molecule has 1 aromatic rings. The number of esters is 1. The molecule has 0 aliphatic carbocycles. The molecule has 0 aromatic heterocycles. The standard InChI is InChI=1S/C16H19NO4/c1-4-20-16(18)14-10(2)21-17-8-7-11-9-12(19-3)5-6-13(11)15(14)17/h5-6,9,14-15H,2,4,7-8H2,1,3H3. The minimum atomic E-state index is -0.475. The number of hydrogen-bond acceptors (Lipinski definition) is 5. The van der Waals surface area contributed by atoms with Crippen LogP contribution in [0, 0.1) is 5.92 Å². The molecule has 2 heterocycles. The monoisotopic (exact) mass is 289 g/mol. The predicted octanol–water partition coefficient (Wildman–Crippen LogP) is 2.23. The van der Waals surface area contributed by atoms with Crippen LogP contribution in [-0.2, 0) is 20.8 Å². The Morgan fingerprint density at radius 2 is 2.33 bits per heavy atom. The first-order valence-corrected chi connectivity index (χ1v) is 7.12. The molecule has 1 saturated heterocycles. The van der Waals surface area contributed by atoms with E-state index in [1.165, 1.54) is 5.56 Å². The minimum Gasteiger partial charge on any atom is -0.497 e. The molecule has 0 amide bonds. The van der Waals surface area contributed by atoms with E-state index in [0.717, 1.165) is 24.3 Å². The molecule has 2 aliphatic heterocycles. The lowest BCUT2D eigenvalue weighted by Gasteiger charge is -2.30. The zero-order chi connectivity index (χ0) is 15.0. The van der Waals surface area contributed by atoms with Crippen LogP contribution in [0.4, 0.5) is 0 Å². The average Bonchev–Trinajstić information content (AvgIpc) is 2.83. The molecule has 2 atom stereocenters. The maximum Gasteiger partial charge on any atom is 0.318 e. The first-order valence-electron chi connectivity index (χ1n) is 7.12. The van der Waals surface area contributed by atoms with Crippen molar-refractivity contribution in [1.82, 2.24) is 5.06 Å². The van der Waals surface area contributed by atoms with Gasteiger partial charge in [0.25, 0.3) is 0 Å². The van der Waals surface area contributed by atoms with Crippen molar-refractivity contribution in [3.05, 3.63) is 41.7 Å². The van der Waals surface area contributed by atoms with E-state index < -0.39 is 5.92 Å². The van der Waals surface area contributed by atoms with Gasteiger partial charge in [-0.25, -0.2) is 0 Å². The van der Waals surface area contributed by atoms with Crippen LogP contribution in [0.1, 0.15) is 24.1 Å². The van der Waals surface area contributed by atoms with Crippen molar-refractivity contribution in [2.75, 3.05) is 20.3 Å². The Kier molecular flexibility index (Phi) is 3.59. The highest BCUT2D eigenvalue weighted by Gasteiger charge is 2.48. The van der Waals surface area contributed by atoms with Gasteiger partial charge in [0.1, 0.15) is 17.4 Å². The highest BCUT2D eigenvalue weighted by atomic mass is 16.7. The molecule has 5 nitrogen and oxygen atoms in total. The molecule has 2 unspecified atom stereocenters. The molecular weight excluding hydrogens is 270 g/mol. The zero-order valence-electron chi connectivity index (χ0n) is 12.3. The Labute approximate surface area is 124 Å². The minimum absolute atomic E-state index is 0.161. The Morgan fingerprint density at radius 3 is 3.05 bits per heavy atom. The summed E-state index contributed by atoms with van der Waals surface area (Å²) in [7, 11) is 1.65. The van der Waals surface area contributed by atoms with Crippen molar-refractivity contribution in [1.29, 1.82) is 0 Å². The number of carbonyl (C=O) groups is 1. The summed E-state index contributed by atoms with van der Waals surface area (Å²) in [5.74, 6) is 0.533. The molecule has 0 bridgehead atoms. The van der Waals surface area contributed by atoms with Gasteiger partial charge in [-0.15, -0.1) is 5.06 Å². The third kappa shape index (κ3) is 2.27. The number of benzene rings is 1. The Morgan fingerprint density at radius 1 is 1.52 bits per heavy atom. The van der Waals surface area contributed by atoms with Crippen LogP contribution in [0.3, 0.4) is 0 Å².